The summed E-state index contributed by atoms with van der Waals surface area (Å²) in [5.74, 6) is 1.39. The summed E-state index contributed by atoms with van der Waals surface area (Å²) in [6, 6.07) is 0. The highest BCUT2D eigenvalue weighted by molar-refractivity contribution is 5.84. The third kappa shape index (κ3) is 2.26. The number of allylic oxidation sites excluding steroid dienone is 1. The number of aliphatic hydroxyl groups excluding tert-OH is 1. The summed E-state index contributed by atoms with van der Waals surface area (Å²) in [7, 11) is 0. The SMILES string of the molecule is CC12CCC3(CC[C@]4(C)C(=C3C1)CCC1[C@@]3(C)CCC(O)C(C)(C)C3CC[C@]14C)C(=O)O2. The Morgan fingerprint density at radius 1 is 0.812 bits per heavy atom. The number of hydrogen-bond acceptors (Lipinski definition) is 3. The third-order valence-corrected chi connectivity index (χ3v) is 13.0. The van der Waals surface area contributed by atoms with Crippen molar-refractivity contribution in [1.82, 2.24) is 0 Å². The number of ether oxygens (including phenoxy) is 1. The molecule has 7 rings (SSSR count). The summed E-state index contributed by atoms with van der Waals surface area (Å²) in [6.07, 6.45) is 12.0. The molecule has 178 valence electrons. The zero-order chi connectivity index (χ0) is 22.9. The predicted molar refractivity (Wildman–Crippen MR) is 126 cm³/mol. The highest BCUT2D eigenvalue weighted by Crippen LogP contribution is 2.76. The maximum absolute atomic E-state index is 13.2. The Morgan fingerprint density at radius 2 is 1.53 bits per heavy atom. The lowest BCUT2D eigenvalue weighted by molar-refractivity contribution is -0.212. The highest BCUT2D eigenvalue weighted by atomic mass is 16.6. The van der Waals surface area contributed by atoms with Gasteiger partial charge in [0.25, 0.3) is 0 Å². The Hall–Kier alpha value is -0.830. The van der Waals surface area contributed by atoms with Crippen LogP contribution in [0.15, 0.2) is 11.1 Å². The molecular weight excluding hydrogens is 396 g/mol. The first-order valence-electron chi connectivity index (χ1n) is 13.5. The van der Waals surface area contributed by atoms with Gasteiger partial charge in [-0.15, -0.1) is 0 Å². The standard InChI is InChI=1S/C29H44O3/c1-24(2)20-9-12-28(6)21(26(20,4)11-10-22(24)30)8-7-18-19-17-25(3)13-15-29(19,23(31)32-25)16-14-27(18,28)5/h20-22,30H,7-17H2,1-6H3/t20?,21?,22?,25?,26-,27+,28+,29?/m0/s1. The van der Waals surface area contributed by atoms with Gasteiger partial charge in [0.1, 0.15) is 5.60 Å². The summed E-state index contributed by atoms with van der Waals surface area (Å²) < 4.78 is 6.00. The molecule has 4 saturated carbocycles. The first-order valence-corrected chi connectivity index (χ1v) is 13.5. The summed E-state index contributed by atoms with van der Waals surface area (Å²) in [4.78, 5) is 13.2. The van der Waals surface area contributed by atoms with Gasteiger partial charge in [0.15, 0.2) is 0 Å². The Balaban J connectivity index is 1.46. The number of rotatable bonds is 0. The molecule has 2 aliphatic heterocycles. The number of hydrogen-bond donors (Lipinski definition) is 1. The molecule has 0 amide bonds. The number of carbonyl (C=O) groups is 1. The van der Waals surface area contributed by atoms with E-state index in [1.165, 1.54) is 37.7 Å². The summed E-state index contributed by atoms with van der Waals surface area (Å²) in [5.41, 5.74) is 3.40. The maximum atomic E-state index is 13.2. The molecule has 5 aliphatic carbocycles. The van der Waals surface area contributed by atoms with Gasteiger partial charge in [0, 0.05) is 6.42 Å². The molecular formula is C29H44O3. The molecule has 1 N–H and O–H groups in total. The lowest BCUT2D eigenvalue weighted by atomic mass is 9.34. The average molecular weight is 441 g/mol. The highest BCUT2D eigenvalue weighted by Gasteiger charge is 2.69. The molecule has 5 unspecified atom stereocenters. The minimum atomic E-state index is -0.298. The van der Waals surface area contributed by atoms with E-state index in [4.69, 9.17) is 4.74 Å². The number of esters is 1. The van der Waals surface area contributed by atoms with E-state index in [0.29, 0.717) is 17.3 Å². The van der Waals surface area contributed by atoms with Gasteiger partial charge in [0.05, 0.1) is 11.5 Å². The van der Waals surface area contributed by atoms with Gasteiger partial charge in [0.2, 0.25) is 0 Å². The van der Waals surface area contributed by atoms with Crippen molar-refractivity contribution in [1.29, 1.82) is 0 Å². The maximum Gasteiger partial charge on any atom is 0.316 e. The smallest absolute Gasteiger partial charge is 0.316 e. The Morgan fingerprint density at radius 3 is 2.25 bits per heavy atom. The first-order chi connectivity index (χ1) is 14.8. The van der Waals surface area contributed by atoms with Crippen molar-refractivity contribution in [2.75, 3.05) is 0 Å². The van der Waals surface area contributed by atoms with Gasteiger partial charge in [-0.1, -0.05) is 40.2 Å². The lowest BCUT2D eigenvalue weighted by Gasteiger charge is -2.71. The van der Waals surface area contributed by atoms with Gasteiger partial charge in [-0.3, -0.25) is 4.79 Å². The van der Waals surface area contributed by atoms with Crippen LogP contribution < -0.4 is 0 Å². The molecule has 7 aliphatic rings. The van der Waals surface area contributed by atoms with Crippen LogP contribution in [0.3, 0.4) is 0 Å². The molecule has 0 aromatic carbocycles. The molecule has 1 spiro atoms. The van der Waals surface area contributed by atoms with Crippen LogP contribution in [0.5, 0.6) is 0 Å². The largest absolute Gasteiger partial charge is 0.458 e. The van der Waals surface area contributed by atoms with Crippen LogP contribution >= 0.6 is 0 Å². The molecule has 2 heterocycles. The molecule has 3 heteroatoms. The Labute approximate surface area is 194 Å². The van der Waals surface area contributed by atoms with E-state index >= 15 is 0 Å². The van der Waals surface area contributed by atoms with Crippen molar-refractivity contribution in [3.8, 4) is 0 Å². The topological polar surface area (TPSA) is 46.5 Å². The molecule has 2 saturated heterocycles. The molecule has 8 atom stereocenters. The van der Waals surface area contributed by atoms with Crippen LogP contribution in [0.1, 0.15) is 112 Å². The molecule has 0 aromatic rings. The Kier molecular flexibility index (Phi) is 4.10. The second kappa shape index (κ2) is 6.04. The quantitative estimate of drug-likeness (QED) is 0.342. The fourth-order valence-electron chi connectivity index (χ4n) is 10.8. The van der Waals surface area contributed by atoms with Gasteiger partial charge in [-0.25, -0.2) is 0 Å². The third-order valence-electron chi connectivity index (χ3n) is 13.0. The summed E-state index contributed by atoms with van der Waals surface area (Å²) >= 11 is 0. The van der Waals surface area contributed by atoms with Gasteiger partial charge >= 0.3 is 5.97 Å². The molecule has 0 aromatic heterocycles. The minimum Gasteiger partial charge on any atom is -0.458 e. The van der Waals surface area contributed by atoms with E-state index in [-0.39, 0.29) is 39.3 Å². The fraction of sp³-hybridized carbons (Fsp3) is 0.897. The molecule has 0 radical (unpaired) electrons. The predicted octanol–water partition coefficient (Wildman–Crippen LogP) is 6.58. The average Bonchev–Trinajstić information content (AvgIpc) is 2.71. The van der Waals surface area contributed by atoms with Crippen LogP contribution in [-0.2, 0) is 9.53 Å². The molecule has 3 nitrogen and oxygen atoms in total. The number of carbonyl (C=O) groups excluding carboxylic acids is 1. The minimum absolute atomic E-state index is 0.00543. The second-order valence-corrected chi connectivity index (χ2v) is 14.4. The van der Waals surface area contributed by atoms with Crippen LogP contribution in [0, 0.1) is 38.9 Å². The normalized spacial score (nSPS) is 56.0. The lowest BCUT2D eigenvalue weighted by Crippen LogP contribution is -2.65. The van der Waals surface area contributed by atoms with Crippen LogP contribution in [-0.4, -0.2) is 22.8 Å². The van der Waals surface area contributed by atoms with E-state index in [9.17, 15) is 9.90 Å². The van der Waals surface area contributed by atoms with Crippen molar-refractivity contribution in [2.45, 2.75) is 124 Å². The fourth-order valence-corrected chi connectivity index (χ4v) is 10.8. The van der Waals surface area contributed by atoms with E-state index < -0.39 is 0 Å². The van der Waals surface area contributed by atoms with Gasteiger partial charge in [-0.2, -0.15) is 0 Å². The number of fused-ring (bicyclic) bond motifs is 7. The van der Waals surface area contributed by atoms with Crippen LogP contribution in [0.25, 0.3) is 0 Å². The van der Waals surface area contributed by atoms with Crippen LogP contribution in [0.4, 0.5) is 0 Å². The molecule has 32 heavy (non-hydrogen) atoms. The Bertz CT molecular complexity index is 917. The van der Waals surface area contributed by atoms with E-state index in [1.54, 1.807) is 5.57 Å². The van der Waals surface area contributed by atoms with Crippen molar-refractivity contribution in [3.63, 3.8) is 0 Å². The van der Waals surface area contributed by atoms with Gasteiger partial charge < -0.3 is 9.84 Å². The van der Waals surface area contributed by atoms with E-state index in [1.807, 2.05) is 0 Å². The molecule has 6 fully saturated rings. The zero-order valence-electron chi connectivity index (χ0n) is 21.3. The van der Waals surface area contributed by atoms with Crippen molar-refractivity contribution in [2.24, 2.45) is 38.9 Å². The van der Waals surface area contributed by atoms with Crippen molar-refractivity contribution >= 4 is 5.97 Å². The monoisotopic (exact) mass is 440 g/mol. The van der Waals surface area contributed by atoms with E-state index in [2.05, 4.69) is 41.5 Å². The van der Waals surface area contributed by atoms with E-state index in [0.717, 1.165) is 38.5 Å². The second-order valence-electron chi connectivity index (χ2n) is 14.4. The zero-order valence-corrected chi connectivity index (χ0v) is 21.3. The summed E-state index contributed by atoms with van der Waals surface area (Å²) in [5, 5.41) is 10.9. The molecule has 2 bridgehead atoms. The first kappa shape index (κ1) is 21.7. The van der Waals surface area contributed by atoms with Crippen molar-refractivity contribution < 1.29 is 14.6 Å². The summed E-state index contributed by atoms with van der Waals surface area (Å²) in [6.45, 7) is 14.6. The van der Waals surface area contributed by atoms with Gasteiger partial charge in [-0.05, 0) is 110 Å². The number of aliphatic hydroxyl groups is 1. The van der Waals surface area contributed by atoms with Crippen molar-refractivity contribution in [3.05, 3.63) is 11.1 Å². The van der Waals surface area contributed by atoms with Crippen LogP contribution in [0.2, 0.25) is 0 Å².